The van der Waals surface area contributed by atoms with Crippen molar-refractivity contribution in [2.45, 2.75) is 25.3 Å². The van der Waals surface area contributed by atoms with E-state index in [-0.39, 0.29) is 24.2 Å². The molecule has 1 saturated heterocycles. The molecule has 4 rings (SSSR count). The van der Waals surface area contributed by atoms with Crippen molar-refractivity contribution in [2.24, 2.45) is 0 Å². The third kappa shape index (κ3) is 4.48. The van der Waals surface area contributed by atoms with Crippen LogP contribution in [-0.2, 0) is 4.79 Å². The summed E-state index contributed by atoms with van der Waals surface area (Å²) in [5.74, 6) is 1.33. The lowest BCUT2D eigenvalue weighted by Crippen LogP contribution is -2.33. The maximum Gasteiger partial charge on any atom is 0.271 e. The maximum atomic E-state index is 12.5. The van der Waals surface area contributed by atoms with Gasteiger partial charge in [0.15, 0.2) is 11.5 Å². The molecule has 2 aromatic rings. The Labute approximate surface area is 168 Å². The third-order valence-corrected chi connectivity index (χ3v) is 5.21. The fraction of sp³-hybridized carbons (Fsp3) is 0.381. The number of rotatable bonds is 5. The van der Waals surface area contributed by atoms with E-state index in [9.17, 15) is 14.9 Å². The second-order valence-electron chi connectivity index (χ2n) is 7.24. The van der Waals surface area contributed by atoms with Crippen LogP contribution in [-0.4, -0.2) is 42.0 Å². The Bertz CT molecular complexity index is 917. The highest BCUT2D eigenvalue weighted by atomic mass is 16.6. The van der Waals surface area contributed by atoms with Crippen molar-refractivity contribution in [3.05, 3.63) is 58.1 Å². The van der Waals surface area contributed by atoms with Gasteiger partial charge in [-0.1, -0.05) is 12.1 Å². The molecule has 2 aliphatic rings. The lowest BCUT2D eigenvalue weighted by Gasteiger charge is -2.25. The number of carbonyl (C=O) groups excluding carboxylic acids is 1. The lowest BCUT2D eigenvalue weighted by molar-refractivity contribution is -0.384. The molecule has 2 aliphatic heterocycles. The number of nitrogens with zero attached hydrogens (tertiary/aromatic N) is 2. The van der Waals surface area contributed by atoms with E-state index < -0.39 is 4.92 Å². The topological polar surface area (TPSA) is 93.9 Å². The van der Waals surface area contributed by atoms with Gasteiger partial charge >= 0.3 is 0 Å². The first-order valence-corrected chi connectivity index (χ1v) is 9.78. The molecule has 0 radical (unpaired) electrons. The molecule has 2 aromatic carbocycles. The van der Waals surface area contributed by atoms with Gasteiger partial charge in [-0.2, -0.15) is 0 Å². The largest absolute Gasteiger partial charge is 0.490 e. The molecule has 1 amide bonds. The highest BCUT2D eigenvalue weighted by Gasteiger charge is 2.28. The summed E-state index contributed by atoms with van der Waals surface area (Å²) in [7, 11) is 0. The minimum Gasteiger partial charge on any atom is -0.490 e. The molecule has 152 valence electrons. The Balaban J connectivity index is 1.43. The molecule has 8 heteroatoms. The van der Waals surface area contributed by atoms with E-state index in [1.807, 2.05) is 18.2 Å². The van der Waals surface area contributed by atoms with Crippen LogP contribution < -0.4 is 14.8 Å². The first-order chi connectivity index (χ1) is 14.1. The van der Waals surface area contributed by atoms with Crippen LogP contribution in [0.25, 0.3) is 0 Å². The second-order valence-corrected chi connectivity index (χ2v) is 7.24. The van der Waals surface area contributed by atoms with E-state index in [0.29, 0.717) is 18.9 Å². The van der Waals surface area contributed by atoms with Crippen LogP contribution in [0.1, 0.15) is 30.9 Å². The van der Waals surface area contributed by atoms with Crippen molar-refractivity contribution < 1.29 is 19.2 Å². The summed E-state index contributed by atoms with van der Waals surface area (Å²) < 4.78 is 11.5. The van der Waals surface area contributed by atoms with E-state index in [4.69, 9.17) is 9.47 Å². The summed E-state index contributed by atoms with van der Waals surface area (Å²) in [4.78, 5) is 25.1. The van der Waals surface area contributed by atoms with Gasteiger partial charge in [0, 0.05) is 30.3 Å². The highest BCUT2D eigenvalue weighted by Crippen LogP contribution is 2.37. The SMILES string of the molecule is O=C(CN1CCC[C@@H]1c1ccc2c(c1)OCCCO2)Nc1cccc([N+](=O)[O-])c1. The van der Waals surface area contributed by atoms with Gasteiger partial charge < -0.3 is 14.8 Å². The zero-order chi connectivity index (χ0) is 20.2. The number of benzene rings is 2. The van der Waals surface area contributed by atoms with E-state index in [1.54, 1.807) is 12.1 Å². The smallest absolute Gasteiger partial charge is 0.271 e. The summed E-state index contributed by atoms with van der Waals surface area (Å²) in [5.41, 5.74) is 1.49. The molecule has 29 heavy (non-hydrogen) atoms. The molecule has 1 N–H and O–H groups in total. The molecular weight excluding hydrogens is 374 g/mol. The fourth-order valence-electron chi connectivity index (χ4n) is 3.86. The van der Waals surface area contributed by atoms with Crippen LogP contribution in [0.4, 0.5) is 11.4 Å². The Morgan fingerprint density at radius 2 is 1.97 bits per heavy atom. The molecule has 0 aliphatic carbocycles. The molecular formula is C21H23N3O5. The van der Waals surface area contributed by atoms with Crippen molar-refractivity contribution in [2.75, 3.05) is 31.6 Å². The molecule has 1 fully saturated rings. The van der Waals surface area contributed by atoms with Gasteiger partial charge in [-0.15, -0.1) is 0 Å². The normalized spacial score (nSPS) is 18.8. The fourth-order valence-corrected chi connectivity index (χ4v) is 3.86. The zero-order valence-electron chi connectivity index (χ0n) is 16.0. The molecule has 0 aromatic heterocycles. The number of amides is 1. The second kappa shape index (κ2) is 8.48. The molecule has 0 unspecified atom stereocenters. The lowest BCUT2D eigenvalue weighted by atomic mass is 10.0. The van der Waals surface area contributed by atoms with Gasteiger partial charge in [0.25, 0.3) is 5.69 Å². The molecule has 8 nitrogen and oxygen atoms in total. The summed E-state index contributed by atoms with van der Waals surface area (Å²) in [6.07, 6.45) is 2.82. The number of fused-ring (bicyclic) bond motifs is 1. The summed E-state index contributed by atoms with van der Waals surface area (Å²) in [6, 6.07) is 12.1. The van der Waals surface area contributed by atoms with Crippen LogP contribution in [0.2, 0.25) is 0 Å². The Morgan fingerprint density at radius 1 is 1.14 bits per heavy atom. The van der Waals surface area contributed by atoms with Crippen LogP contribution in [0.15, 0.2) is 42.5 Å². The van der Waals surface area contributed by atoms with Crippen LogP contribution in [0, 0.1) is 10.1 Å². The molecule has 1 atom stereocenters. The minimum atomic E-state index is -0.476. The number of nitro benzene ring substituents is 1. The Morgan fingerprint density at radius 3 is 2.79 bits per heavy atom. The number of nitrogens with one attached hydrogen (secondary N) is 1. The average molecular weight is 397 g/mol. The van der Waals surface area contributed by atoms with Gasteiger partial charge in [-0.3, -0.25) is 19.8 Å². The summed E-state index contributed by atoms with van der Waals surface area (Å²) in [5, 5.41) is 13.7. The van der Waals surface area contributed by atoms with Crippen LogP contribution in [0.3, 0.4) is 0 Å². The number of carbonyl (C=O) groups is 1. The quantitative estimate of drug-likeness (QED) is 0.613. The maximum absolute atomic E-state index is 12.5. The van der Waals surface area contributed by atoms with Crippen molar-refractivity contribution in [1.29, 1.82) is 0 Å². The number of anilines is 1. The number of non-ortho nitro benzene ring substituents is 1. The molecule has 0 saturated carbocycles. The Kier molecular flexibility index (Phi) is 5.62. The first-order valence-electron chi connectivity index (χ1n) is 9.78. The highest BCUT2D eigenvalue weighted by molar-refractivity contribution is 5.92. The van der Waals surface area contributed by atoms with Crippen molar-refractivity contribution in [1.82, 2.24) is 4.90 Å². The number of nitro groups is 1. The Hall–Kier alpha value is -3.13. The number of hydrogen-bond acceptors (Lipinski definition) is 6. The first kappa shape index (κ1) is 19.2. The van der Waals surface area contributed by atoms with Crippen molar-refractivity contribution >= 4 is 17.3 Å². The van der Waals surface area contributed by atoms with E-state index >= 15 is 0 Å². The summed E-state index contributed by atoms with van der Waals surface area (Å²) >= 11 is 0. The van der Waals surface area contributed by atoms with Gasteiger partial charge in [0.1, 0.15) is 0 Å². The molecule has 0 spiro atoms. The van der Waals surface area contributed by atoms with Crippen molar-refractivity contribution in [3.63, 3.8) is 0 Å². The zero-order valence-corrected chi connectivity index (χ0v) is 16.0. The third-order valence-electron chi connectivity index (χ3n) is 5.21. The predicted molar refractivity (Wildman–Crippen MR) is 107 cm³/mol. The predicted octanol–water partition coefficient (Wildman–Crippen LogP) is 3.53. The van der Waals surface area contributed by atoms with E-state index in [0.717, 1.165) is 42.9 Å². The average Bonchev–Trinajstić information content (AvgIpc) is 3.03. The minimum absolute atomic E-state index is 0.0472. The molecule has 2 heterocycles. The van der Waals surface area contributed by atoms with Gasteiger partial charge in [-0.05, 0) is 43.1 Å². The van der Waals surface area contributed by atoms with Crippen molar-refractivity contribution in [3.8, 4) is 11.5 Å². The summed E-state index contributed by atoms with van der Waals surface area (Å²) in [6.45, 7) is 2.33. The number of likely N-dealkylation sites (tertiary alicyclic amines) is 1. The van der Waals surface area contributed by atoms with E-state index in [1.165, 1.54) is 12.1 Å². The van der Waals surface area contributed by atoms with E-state index in [2.05, 4.69) is 10.2 Å². The standard InChI is InChI=1S/C21H23N3O5/c25-21(22-16-4-1-5-17(13-16)24(26)27)14-23-9-2-6-18(23)15-7-8-19-20(12-15)29-11-3-10-28-19/h1,4-5,7-8,12-13,18H,2-3,6,9-11,14H2,(H,22,25)/t18-/m1/s1. The van der Waals surface area contributed by atoms with Gasteiger partial charge in [-0.25, -0.2) is 0 Å². The van der Waals surface area contributed by atoms with Crippen LogP contribution >= 0.6 is 0 Å². The van der Waals surface area contributed by atoms with Gasteiger partial charge in [0.05, 0.1) is 24.7 Å². The van der Waals surface area contributed by atoms with Crippen LogP contribution in [0.5, 0.6) is 11.5 Å². The number of ether oxygens (including phenoxy) is 2. The monoisotopic (exact) mass is 397 g/mol. The molecule has 0 bridgehead atoms. The van der Waals surface area contributed by atoms with Gasteiger partial charge in [0.2, 0.25) is 5.91 Å². The number of hydrogen-bond donors (Lipinski definition) is 1.